The third-order valence-corrected chi connectivity index (χ3v) is 5.25. The number of nitrogens with zero attached hydrogens (tertiary/aromatic N) is 3. The molecule has 1 aliphatic rings. The van der Waals surface area contributed by atoms with Crippen molar-refractivity contribution in [2.45, 2.75) is 12.5 Å². The van der Waals surface area contributed by atoms with Crippen LogP contribution in [0.1, 0.15) is 16.9 Å². The van der Waals surface area contributed by atoms with Gasteiger partial charge in [-0.05, 0) is 6.42 Å². The van der Waals surface area contributed by atoms with Gasteiger partial charge in [-0.15, -0.1) is 0 Å². The van der Waals surface area contributed by atoms with Gasteiger partial charge >= 0.3 is 0 Å². The first-order valence-corrected chi connectivity index (χ1v) is 8.88. The van der Waals surface area contributed by atoms with E-state index in [1.54, 1.807) is 21.1 Å². The molecule has 0 saturated carbocycles. The lowest BCUT2D eigenvalue weighted by atomic mass is 10.2. The Morgan fingerprint density at radius 1 is 1.48 bits per heavy atom. The van der Waals surface area contributed by atoms with E-state index in [-0.39, 0.29) is 35.6 Å². The summed E-state index contributed by atoms with van der Waals surface area (Å²) in [6.45, 7) is -0.158. The number of sulfone groups is 1. The van der Waals surface area contributed by atoms with Crippen LogP contribution >= 0.6 is 0 Å². The lowest BCUT2D eigenvalue weighted by Gasteiger charge is -2.10. The minimum atomic E-state index is -3.06. The molecule has 0 bridgehead atoms. The van der Waals surface area contributed by atoms with Crippen molar-refractivity contribution in [2.24, 2.45) is 7.05 Å². The standard InChI is InChI=1S/C13H20N4O5S/c1-16(2)11(18)7-22-12-6-10(15-17(12)3)13(19)14-9-4-5-23(20,21)8-9/h6,9H,4-5,7-8H2,1-3H3,(H,14,19)/t9-/m1/s1. The van der Waals surface area contributed by atoms with E-state index < -0.39 is 21.8 Å². The largest absolute Gasteiger partial charge is 0.468 e. The van der Waals surface area contributed by atoms with E-state index in [4.69, 9.17) is 4.74 Å². The van der Waals surface area contributed by atoms with Gasteiger partial charge in [0.05, 0.1) is 11.5 Å². The zero-order valence-corrected chi connectivity index (χ0v) is 14.1. The summed E-state index contributed by atoms with van der Waals surface area (Å²) in [7, 11) is 1.76. The van der Waals surface area contributed by atoms with Crippen LogP contribution in [0.3, 0.4) is 0 Å². The third-order valence-electron chi connectivity index (χ3n) is 3.48. The summed E-state index contributed by atoms with van der Waals surface area (Å²) >= 11 is 0. The number of aromatic nitrogens is 2. The first-order chi connectivity index (χ1) is 10.7. The molecule has 1 N–H and O–H groups in total. The van der Waals surface area contributed by atoms with Crippen molar-refractivity contribution in [1.82, 2.24) is 20.0 Å². The van der Waals surface area contributed by atoms with E-state index in [0.717, 1.165) is 0 Å². The Kier molecular flexibility index (Phi) is 4.93. The van der Waals surface area contributed by atoms with Crippen LogP contribution in [0, 0.1) is 0 Å². The van der Waals surface area contributed by atoms with E-state index in [1.165, 1.54) is 15.6 Å². The zero-order valence-electron chi connectivity index (χ0n) is 13.3. The summed E-state index contributed by atoms with van der Waals surface area (Å²) < 4.78 is 29.5. The fourth-order valence-corrected chi connectivity index (χ4v) is 3.80. The molecule has 9 nitrogen and oxygen atoms in total. The molecule has 1 aromatic heterocycles. The van der Waals surface area contributed by atoms with E-state index in [2.05, 4.69) is 10.4 Å². The number of aryl methyl sites for hydroxylation is 1. The minimum absolute atomic E-state index is 0.0493. The van der Waals surface area contributed by atoms with Crippen molar-refractivity contribution < 1.29 is 22.7 Å². The lowest BCUT2D eigenvalue weighted by Crippen LogP contribution is -2.35. The molecule has 0 unspecified atom stereocenters. The van der Waals surface area contributed by atoms with Gasteiger partial charge in [-0.1, -0.05) is 0 Å². The van der Waals surface area contributed by atoms with Gasteiger partial charge in [-0.25, -0.2) is 13.1 Å². The monoisotopic (exact) mass is 344 g/mol. The quantitative estimate of drug-likeness (QED) is 0.719. The fraction of sp³-hybridized carbons (Fsp3) is 0.615. The molecule has 23 heavy (non-hydrogen) atoms. The van der Waals surface area contributed by atoms with E-state index in [1.807, 2.05) is 0 Å². The van der Waals surface area contributed by atoms with Gasteiger partial charge in [-0.2, -0.15) is 5.10 Å². The van der Waals surface area contributed by atoms with Gasteiger partial charge in [0, 0.05) is 33.3 Å². The molecule has 0 aliphatic carbocycles. The average Bonchev–Trinajstić information content (AvgIpc) is 2.98. The molecule has 10 heteroatoms. The van der Waals surface area contributed by atoms with Crippen molar-refractivity contribution in [3.63, 3.8) is 0 Å². The Morgan fingerprint density at radius 3 is 2.74 bits per heavy atom. The molecule has 2 rings (SSSR count). The molecule has 128 valence electrons. The number of ether oxygens (including phenoxy) is 1. The highest BCUT2D eigenvalue weighted by molar-refractivity contribution is 7.91. The van der Waals surface area contributed by atoms with Gasteiger partial charge < -0.3 is 15.0 Å². The van der Waals surface area contributed by atoms with Crippen LogP contribution < -0.4 is 10.1 Å². The molecule has 0 aromatic carbocycles. The normalized spacial score (nSPS) is 19.3. The lowest BCUT2D eigenvalue weighted by molar-refractivity contribution is -0.130. The maximum absolute atomic E-state index is 12.1. The number of amides is 2. The Morgan fingerprint density at radius 2 is 2.17 bits per heavy atom. The predicted octanol–water partition coefficient (Wildman–Crippen LogP) is -1.20. The van der Waals surface area contributed by atoms with Crippen LogP contribution in [0.25, 0.3) is 0 Å². The topological polar surface area (TPSA) is 111 Å². The summed E-state index contributed by atoms with van der Waals surface area (Å²) in [6.07, 6.45) is 0.404. The number of carbonyl (C=O) groups excluding carboxylic acids is 2. The van der Waals surface area contributed by atoms with Gasteiger partial charge in [0.25, 0.3) is 11.8 Å². The van der Waals surface area contributed by atoms with Crippen molar-refractivity contribution >= 4 is 21.7 Å². The van der Waals surface area contributed by atoms with Gasteiger partial charge in [0.1, 0.15) is 0 Å². The number of rotatable bonds is 5. The smallest absolute Gasteiger partial charge is 0.272 e. The summed E-state index contributed by atoms with van der Waals surface area (Å²) in [4.78, 5) is 25.0. The Bertz CT molecular complexity index is 710. The maximum atomic E-state index is 12.1. The Labute approximate surface area is 134 Å². The highest BCUT2D eigenvalue weighted by atomic mass is 32.2. The van der Waals surface area contributed by atoms with Gasteiger partial charge in [0.15, 0.2) is 22.1 Å². The maximum Gasteiger partial charge on any atom is 0.272 e. The van der Waals surface area contributed by atoms with Crippen LogP contribution in [0.4, 0.5) is 0 Å². The Balaban J connectivity index is 1.97. The van der Waals surface area contributed by atoms with Crippen molar-refractivity contribution in [3.8, 4) is 5.88 Å². The molecule has 2 heterocycles. The summed E-state index contributed by atoms with van der Waals surface area (Å²) in [6, 6.07) is 1.02. The Hall–Kier alpha value is -2.10. The second-order valence-electron chi connectivity index (χ2n) is 5.64. The molecule has 0 spiro atoms. The highest BCUT2D eigenvalue weighted by Crippen LogP contribution is 2.15. The van der Waals surface area contributed by atoms with Gasteiger partial charge in [0.2, 0.25) is 5.88 Å². The zero-order chi connectivity index (χ0) is 17.2. The van der Waals surface area contributed by atoms with Crippen LogP contribution in [-0.2, 0) is 21.7 Å². The van der Waals surface area contributed by atoms with Crippen LogP contribution in [-0.4, -0.2) is 73.2 Å². The minimum Gasteiger partial charge on any atom is -0.468 e. The molecule has 1 atom stereocenters. The summed E-state index contributed by atoms with van der Waals surface area (Å²) in [5.41, 5.74) is 0.115. The number of nitrogens with one attached hydrogen (secondary N) is 1. The van der Waals surface area contributed by atoms with Crippen molar-refractivity contribution in [3.05, 3.63) is 11.8 Å². The first-order valence-electron chi connectivity index (χ1n) is 7.06. The molecule has 1 fully saturated rings. The molecule has 1 aliphatic heterocycles. The highest BCUT2D eigenvalue weighted by Gasteiger charge is 2.29. The van der Waals surface area contributed by atoms with Gasteiger partial charge in [-0.3, -0.25) is 9.59 Å². The number of likely N-dealkylation sites (N-methyl/N-ethyl adjacent to an activating group) is 1. The SMILES string of the molecule is CN(C)C(=O)COc1cc(C(=O)N[C@@H]2CCS(=O)(=O)C2)nn1C. The van der Waals surface area contributed by atoms with E-state index in [9.17, 15) is 18.0 Å². The van der Waals surface area contributed by atoms with Crippen LogP contribution in [0.2, 0.25) is 0 Å². The molecule has 1 saturated heterocycles. The molecule has 2 amide bonds. The van der Waals surface area contributed by atoms with Crippen molar-refractivity contribution in [1.29, 1.82) is 0 Å². The number of carbonyl (C=O) groups is 2. The average molecular weight is 344 g/mol. The molecule has 1 aromatic rings. The number of hydrogen-bond donors (Lipinski definition) is 1. The van der Waals surface area contributed by atoms with E-state index >= 15 is 0 Å². The van der Waals surface area contributed by atoms with E-state index in [0.29, 0.717) is 6.42 Å². The molecule has 0 radical (unpaired) electrons. The summed E-state index contributed by atoms with van der Waals surface area (Å²) in [5.74, 6) is -0.359. The first kappa shape index (κ1) is 17.3. The fourth-order valence-electron chi connectivity index (χ4n) is 2.13. The molecular weight excluding hydrogens is 324 g/mol. The third kappa shape index (κ3) is 4.44. The molecular formula is C13H20N4O5S. The summed E-state index contributed by atoms with van der Waals surface area (Å²) in [5, 5.41) is 6.67. The number of hydrogen-bond acceptors (Lipinski definition) is 6. The second-order valence-corrected chi connectivity index (χ2v) is 7.87. The predicted molar refractivity (Wildman–Crippen MR) is 81.9 cm³/mol. The second kappa shape index (κ2) is 6.57. The van der Waals surface area contributed by atoms with Crippen LogP contribution in [0.5, 0.6) is 5.88 Å². The van der Waals surface area contributed by atoms with Crippen LogP contribution in [0.15, 0.2) is 6.07 Å². The van der Waals surface area contributed by atoms with Crippen molar-refractivity contribution in [2.75, 3.05) is 32.2 Å².